The van der Waals surface area contributed by atoms with Crippen molar-refractivity contribution in [3.05, 3.63) is 35.6 Å². The van der Waals surface area contributed by atoms with Crippen LogP contribution in [-0.4, -0.2) is 25.1 Å². The first kappa shape index (κ1) is 14.2. The second-order valence-corrected chi connectivity index (χ2v) is 3.78. The fraction of sp³-hybridized carbons (Fsp3) is 0.385. The van der Waals surface area contributed by atoms with Gasteiger partial charge < -0.3 is 10.1 Å². The van der Waals surface area contributed by atoms with Gasteiger partial charge in [0.25, 0.3) is 0 Å². The van der Waals surface area contributed by atoms with Crippen molar-refractivity contribution in [3.8, 4) is 0 Å². The molecule has 1 N–H and O–H groups in total. The van der Waals surface area contributed by atoms with E-state index in [0.29, 0.717) is 37.3 Å². The normalized spacial score (nSPS) is 16.6. The third-order valence-electron chi connectivity index (χ3n) is 2.31. The highest BCUT2D eigenvalue weighted by molar-refractivity contribution is 5.91. The van der Waals surface area contributed by atoms with E-state index in [1.54, 1.807) is 19.9 Å². The van der Waals surface area contributed by atoms with Gasteiger partial charge in [-0.05, 0) is 25.5 Å². The molecule has 0 atom stereocenters. The van der Waals surface area contributed by atoms with E-state index in [9.17, 15) is 9.18 Å². The fourth-order valence-electron chi connectivity index (χ4n) is 1.19. The molecule has 1 heterocycles. The van der Waals surface area contributed by atoms with Gasteiger partial charge in [-0.2, -0.15) is 0 Å². The predicted molar refractivity (Wildman–Crippen MR) is 68.8 cm³/mol. The number of ether oxygens (including phenoxy) is 1. The van der Waals surface area contributed by atoms with E-state index in [1.165, 1.54) is 12.3 Å². The summed E-state index contributed by atoms with van der Waals surface area (Å²) in [6, 6.07) is 0. The van der Waals surface area contributed by atoms with Crippen LogP contribution < -0.4 is 5.32 Å². The Morgan fingerprint density at radius 2 is 2.39 bits per heavy atom. The highest BCUT2D eigenvalue weighted by Gasteiger charge is 2.06. The molecule has 0 spiro atoms. The largest absolute Gasteiger partial charge is 0.492 e. The van der Waals surface area contributed by atoms with E-state index in [4.69, 9.17) is 4.74 Å². The lowest BCUT2D eigenvalue weighted by Gasteiger charge is -2.13. The summed E-state index contributed by atoms with van der Waals surface area (Å²) >= 11 is 0. The molecule has 1 aliphatic heterocycles. The van der Waals surface area contributed by atoms with Crippen LogP contribution in [0, 0.1) is 0 Å². The van der Waals surface area contributed by atoms with Crippen LogP contribution in [0.1, 0.15) is 20.3 Å². The number of hydrogen-bond acceptors (Lipinski definition) is 4. The molecule has 0 unspecified atom stereocenters. The van der Waals surface area contributed by atoms with E-state index < -0.39 is 0 Å². The van der Waals surface area contributed by atoms with Gasteiger partial charge in [-0.3, -0.25) is 9.79 Å². The molecule has 0 amide bonds. The Morgan fingerprint density at radius 1 is 1.61 bits per heavy atom. The van der Waals surface area contributed by atoms with Crippen molar-refractivity contribution in [2.45, 2.75) is 20.3 Å². The van der Waals surface area contributed by atoms with Gasteiger partial charge >= 0.3 is 0 Å². The number of aliphatic imine (C=N–C) groups is 1. The minimum absolute atomic E-state index is 0.187. The van der Waals surface area contributed by atoms with Crippen molar-refractivity contribution in [3.63, 3.8) is 0 Å². The molecule has 1 rings (SSSR count). The third kappa shape index (κ3) is 4.95. The van der Waals surface area contributed by atoms with Crippen molar-refractivity contribution in [2.24, 2.45) is 4.99 Å². The van der Waals surface area contributed by atoms with Gasteiger partial charge in [-0.15, -0.1) is 0 Å². The molecule has 4 nitrogen and oxygen atoms in total. The molecule has 0 saturated heterocycles. The number of aldehydes is 1. The summed E-state index contributed by atoms with van der Waals surface area (Å²) in [4.78, 5) is 14.5. The van der Waals surface area contributed by atoms with Crippen LogP contribution in [0.2, 0.25) is 0 Å². The molecule has 1 aliphatic rings. The quantitative estimate of drug-likeness (QED) is 0.448. The van der Waals surface area contributed by atoms with E-state index >= 15 is 0 Å². The highest BCUT2D eigenvalue weighted by atomic mass is 19.1. The Labute approximate surface area is 106 Å². The summed E-state index contributed by atoms with van der Waals surface area (Å²) in [5.74, 6) is 0.430. The Hall–Kier alpha value is -1.91. The minimum atomic E-state index is -0.187. The van der Waals surface area contributed by atoms with Crippen LogP contribution in [0.5, 0.6) is 0 Å². The van der Waals surface area contributed by atoms with Crippen LogP contribution in [0.25, 0.3) is 0 Å². The molecule has 0 bridgehead atoms. The number of carbonyl (C=O) groups is 1. The molecule has 98 valence electrons. The van der Waals surface area contributed by atoms with Gasteiger partial charge in [-0.25, -0.2) is 4.39 Å². The number of carbonyl (C=O) groups excluding carboxylic acids is 1. The number of hydrogen-bond donors (Lipinski definition) is 1. The second kappa shape index (κ2) is 7.42. The maximum atomic E-state index is 12.9. The lowest BCUT2D eigenvalue weighted by molar-refractivity contribution is -0.105. The zero-order chi connectivity index (χ0) is 13.4. The molecule has 0 saturated carbocycles. The van der Waals surface area contributed by atoms with E-state index in [2.05, 4.69) is 10.3 Å². The zero-order valence-corrected chi connectivity index (χ0v) is 10.6. The molecule has 0 fully saturated rings. The molecular weight excluding hydrogens is 235 g/mol. The maximum absolute atomic E-state index is 12.9. The Balaban J connectivity index is 2.44. The van der Waals surface area contributed by atoms with Gasteiger partial charge in [0.05, 0.1) is 35.7 Å². The molecule has 0 aromatic rings. The lowest BCUT2D eigenvalue weighted by Crippen LogP contribution is -2.29. The molecule has 0 radical (unpaired) electrons. The van der Waals surface area contributed by atoms with Gasteiger partial charge in [0.15, 0.2) is 6.29 Å². The topological polar surface area (TPSA) is 50.7 Å². The molecular formula is C13H17FN2O2. The highest BCUT2D eigenvalue weighted by Crippen LogP contribution is 2.05. The summed E-state index contributed by atoms with van der Waals surface area (Å²) < 4.78 is 18.3. The van der Waals surface area contributed by atoms with E-state index in [1.807, 2.05) is 0 Å². The number of allylic oxidation sites excluding steroid dienone is 5. The SMILES string of the molecule is CC/C(F)=C\C=C(/C)OCC1=NC=C(C=O)NC1. The van der Waals surface area contributed by atoms with Gasteiger partial charge in [0.1, 0.15) is 6.61 Å². The Bertz CT molecular complexity index is 423. The zero-order valence-electron chi connectivity index (χ0n) is 10.6. The average Bonchev–Trinajstić information content (AvgIpc) is 2.42. The molecule has 0 aromatic heterocycles. The summed E-state index contributed by atoms with van der Waals surface area (Å²) in [6.07, 6.45) is 5.53. The number of nitrogens with one attached hydrogen (secondary N) is 1. The summed E-state index contributed by atoms with van der Waals surface area (Å²) in [5.41, 5.74) is 1.24. The van der Waals surface area contributed by atoms with Crippen molar-refractivity contribution >= 4 is 12.0 Å². The minimum Gasteiger partial charge on any atom is -0.492 e. The molecule has 5 heteroatoms. The van der Waals surface area contributed by atoms with Crippen LogP contribution in [0.4, 0.5) is 4.39 Å². The van der Waals surface area contributed by atoms with Crippen LogP contribution in [-0.2, 0) is 9.53 Å². The third-order valence-corrected chi connectivity index (χ3v) is 2.31. The Kier molecular flexibility index (Phi) is 5.84. The van der Waals surface area contributed by atoms with Crippen molar-refractivity contribution < 1.29 is 13.9 Å². The lowest BCUT2D eigenvalue weighted by atomic mass is 10.3. The first-order chi connectivity index (χ1) is 8.65. The second-order valence-electron chi connectivity index (χ2n) is 3.78. The first-order valence-electron chi connectivity index (χ1n) is 5.76. The molecule has 18 heavy (non-hydrogen) atoms. The predicted octanol–water partition coefficient (Wildman–Crippen LogP) is 2.25. The maximum Gasteiger partial charge on any atom is 0.167 e. The van der Waals surface area contributed by atoms with Crippen molar-refractivity contribution in [1.82, 2.24) is 5.32 Å². The van der Waals surface area contributed by atoms with Crippen LogP contribution in [0.15, 0.2) is 40.6 Å². The van der Waals surface area contributed by atoms with Gasteiger partial charge in [0, 0.05) is 0 Å². The first-order valence-corrected chi connectivity index (χ1v) is 5.76. The standard InChI is InChI=1S/C13H17FN2O2/c1-3-11(14)5-4-10(2)18-9-13-7-15-12(8-17)6-16-13/h4-6,8,15H,3,7,9H2,1-2H3/b10-4+,11-5+. The van der Waals surface area contributed by atoms with Crippen molar-refractivity contribution in [2.75, 3.05) is 13.2 Å². The smallest absolute Gasteiger partial charge is 0.167 e. The number of rotatable bonds is 6. The number of halogens is 1. The van der Waals surface area contributed by atoms with E-state index in [-0.39, 0.29) is 5.83 Å². The molecule has 0 aromatic carbocycles. The fourth-order valence-corrected chi connectivity index (χ4v) is 1.19. The average molecular weight is 252 g/mol. The number of nitrogens with zero attached hydrogens (tertiary/aromatic N) is 1. The van der Waals surface area contributed by atoms with Gasteiger partial charge in [0.2, 0.25) is 0 Å². The van der Waals surface area contributed by atoms with Crippen molar-refractivity contribution in [1.29, 1.82) is 0 Å². The van der Waals surface area contributed by atoms with E-state index in [0.717, 1.165) is 5.71 Å². The Morgan fingerprint density at radius 3 is 2.94 bits per heavy atom. The summed E-state index contributed by atoms with van der Waals surface area (Å²) in [7, 11) is 0. The summed E-state index contributed by atoms with van der Waals surface area (Å²) in [6.45, 7) is 4.30. The summed E-state index contributed by atoms with van der Waals surface area (Å²) in [5, 5.41) is 2.89. The van der Waals surface area contributed by atoms with Crippen LogP contribution >= 0.6 is 0 Å². The molecule has 0 aliphatic carbocycles. The van der Waals surface area contributed by atoms with Crippen LogP contribution in [0.3, 0.4) is 0 Å². The van der Waals surface area contributed by atoms with Gasteiger partial charge in [-0.1, -0.05) is 6.92 Å². The monoisotopic (exact) mass is 252 g/mol.